The molecular formula is C23H25N3O3S. The van der Waals surface area contributed by atoms with Gasteiger partial charge in [0.2, 0.25) is 0 Å². The third-order valence-electron chi connectivity index (χ3n) is 4.88. The van der Waals surface area contributed by atoms with Crippen LogP contribution in [0.2, 0.25) is 0 Å². The number of hydrogen-bond acceptors (Lipinski definition) is 6. The molecule has 0 atom stereocenters. The van der Waals surface area contributed by atoms with Crippen LogP contribution in [0, 0.1) is 11.3 Å². The molecule has 3 aromatic rings. The predicted octanol–water partition coefficient (Wildman–Crippen LogP) is 4.29. The quantitative estimate of drug-likeness (QED) is 0.451. The number of rotatable bonds is 7. The number of phenolic OH excluding ortho intramolecular Hbond substituents is 1. The number of thioether (sulfide) groups is 1. The molecule has 1 aromatic heterocycles. The van der Waals surface area contributed by atoms with Crippen molar-refractivity contribution in [1.82, 2.24) is 9.47 Å². The maximum Gasteiger partial charge on any atom is 0.340 e. The summed E-state index contributed by atoms with van der Waals surface area (Å²) in [5.74, 6) is 0.0425. The molecule has 156 valence electrons. The van der Waals surface area contributed by atoms with Gasteiger partial charge in [0, 0.05) is 40.9 Å². The fourth-order valence-corrected chi connectivity index (χ4v) is 4.52. The standard InChI is InChI=1S/C23H25N3O3S/c1-5-29-23(28)21-19(14-30-16-9-7-6-8-10-16)26(4)18-11-15(12-24)22(27)17(20(18)21)13-25(2)3/h6-11,27H,5,13-14H2,1-4H3. The van der Waals surface area contributed by atoms with Crippen LogP contribution in [0.15, 0.2) is 41.3 Å². The van der Waals surface area contributed by atoms with Gasteiger partial charge in [-0.2, -0.15) is 5.26 Å². The lowest BCUT2D eigenvalue weighted by molar-refractivity contribution is 0.0527. The zero-order valence-electron chi connectivity index (χ0n) is 17.6. The number of aromatic nitrogens is 1. The molecule has 0 bridgehead atoms. The monoisotopic (exact) mass is 423 g/mol. The third kappa shape index (κ3) is 4.16. The minimum absolute atomic E-state index is 0.0860. The van der Waals surface area contributed by atoms with Crippen molar-refractivity contribution in [3.8, 4) is 11.8 Å². The van der Waals surface area contributed by atoms with E-state index in [4.69, 9.17) is 4.74 Å². The van der Waals surface area contributed by atoms with Gasteiger partial charge in [0.25, 0.3) is 0 Å². The number of ether oxygens (including phenoxy) is 1. The van der Waals surface area contributed by atoms with E-state index in [2.05, 4.69) is 6.07 Å². The summed E-state index contributed by atoms with van der Waals surface area (Å²) in [7, 11) is 5.64. The second kappa shape index (κ2) is 9.24. The Morgan fingerprint density at radius 1 is 1.30 bits per heavy atom. The lowest BCUT2D eigenvalue weighted by atomic mass is 10.00. The minimum Gasteiger partial charge on any atom is -0.506 e. The predicted molar refractivity (Wildman–Crippen MR) is 119 cm³/mol. The number of esters is 1. The largest absolute Gasteiger partial charge is 0.506 e. The molecule has 0 aliphatic heterocycles. The minimum atomic E-state index is -0.420. The van der Waals surface area contributed by atoms with Gasteiger partial charge in [-0.15, -0.1) is 11.8 Å². The van der Waals surface area contributed by atoms with Gasteiger partial charge < -0.3 is 19.3 Å². The van der Waals surface area contributed by atoms with E-state index >= 15 is 0 Å². The SMILES string of the molecule is CCOC(=O)c1c(CSc2ccccc2)n(C)c2cc(C#N)c(O)c(CN(C)C)c12. The van der Waals surface area contributed by atoms with E-state index in [1.54, 1.807) is 24.8 Å². The Morgan fingerprint density at radius 2 is 2.00 bits per heavy atom. The summed E-state index contributed by atoms with van der Waals surface area (Å²) in [5, 5.41) is 20.9. The highest BCUT2D eigenvalue weighted by Crippen LogP contribution is 2.39. The summed E-state index contributed by atoms with van der Waals surface area (Å²) < 4.78 is 7.30. The fraction of sp³-hybridized carbons (Fsp3) is 0.304. The summed E-state index contributed by atoms with van der Waals surface area (Å²) in [5.41, 5.74) is 2.73. The van der Waals surface area contributed by atoms with Crippen LogP contribution in [-0.2, 0) is 24.1 Å². The Bertz CT molecular complexity index is 1110. The second-order valence-corrected chi connectivity index (χ2v) is 8.25. The average molecular weight is 424 g/mol. The van der Waals surface area contributed by atoms with Crippen molar-refractivity contribution in [1.29, 1.82) is 5.26 Å². The van der Waals surface area contributed by atoms with E-state index in [1.807, 2.05) is 60.9 Å². The topological polar surface area (TPSA) is 78.5 Å². The number of nitrogens with zero attached hydrogens (tertiary/aromatic N) is 3. The number of hydrogen-bond donors (Lipinski definition) is 1. The van der Waals surface area contributed by atoms with Crippen molar-refractivity contribution < 1.29 is 14.6 Å². The van der Waals surface area contributed by atoms with Crippen LogP contribution in [0.3, 0.4) is 0 Å². The molecule has 30 heavy (non-hydrogen) atoms. The second-order valence-electron chi connectivity index (χ2n) is 7.20. The molecule has 0 aliphatic carbocycles. The molecule has 7 heteroatoms. The number of aromatic hydroxyl groups is 1. The highest BCUT2D eigenvalue weighted by atomic mass is 32.2. The Labute approximate surface area is 180 Å². The van der Waals surface area contributed by atoms with Crippen molar-refractivity contribution in [3.63, 3.8) is 0 Å². The summed E-state index contributed by atoms with van der Waals surface area (Å²) in [6.07, 6.45) is 0. The molecule has 0 amide bonds. The van der Waals surface area contributed by atoms with Gasteiger partial charge in [-0.05, 0) is 39.2 Å². The Balaban J connectivity index is 2.26. The van der Waals surface area contributed by atoms with Gasteiger partial charge in [0.1, 0.15) is 11.8 Å². The first-order valence-electron chi connectivity index (χ1n) is 9.64. The van der Waals surface area contributed by atoms with Crippen molar-refractivity contribution in [2.45, 2.75) is 24.1 Å². The van der Waals surface area contributed by atoms with Gasteiger partial charge in [0.15, 0.2) is 0 Å². The summed E-state index contributed by atoms with van der Waals surface area (Å²) in [4.78, 5) is 16.0. The molecule has 0 saturated heterocycles. The molecule has 0 radical (unpaired) electrons. The molecule has 3 rings (SSSR count). The maximum atomic E-state index is 13.0. The van der Waals surface area contributed by atoms with Crippen LogP contribution in [0.4, 0.5) is 0 Å². The van der Waals surface area contributed by atoms with Crippen LogP contribution >= 0.6 is 11.8 Å². The summed E-state index contributed by atoms with van der Waals surface area (Å²) in [6, 6.07) is 13.7. The summed E-state index contributed by atoms with van der Waals surface area (Å²) >= 11 is 1.62. The first-order chi connectivity index (χ1) is 14.4. The van der Waals surface area contributed by atoms with E-state index in [9.17, 15) is 15.2 Å². The zero-order valence-corrected chi connectivity index (χ0v) is 18.4. The fourth-order valence-electron chi connectivity index (χ4n) is 3.53. The zero-order chi connectivity index (χ0) is 21.8. The molecule has 0 fully saturated rings. The van der Waals surface area contributed by atoms with E-state index < -0.39 is 5.97 Å². The number of carbonyl (C=O) groups is 1. The van der Waals surface area contributed by atoms with Crippen molar-refractivity contribution >= 4 is 28.6 Å². The highest BCUT2D eigenvalue weighted by Gasteiger charge is 2.27. The van der Waals surface area contributed by atoms with E-state index in [0.29, 0.717) is 28.8 Å². The molecule has 1 N–H and O–H groups in total. The summed E-state index contributed by atoms with van der Waals surface area (Å²) in [6.45, 7) is 2.42. The smallest absolute Gasteiger partial charge is 0.340 e. The maximum absolute atomic E-state index is 13.0. The molecule has 0 saturated carbocycles. The van der Waals surface area contributed by atoms with Crippen LogP contribution in [0.25, 0.3) is 10.9 Å². The molecule has 0 aliphatic rings. The lowest BCUT2D eigenvalue weighted by Gasteiger charge is -2.15. The number of aryl methyl sites for hydroxylation is 1. The highest BCUT2D eigenvalue weighted by molar-refractivity contribution is 7.98. The number of fused-ring (bicyclic) bond motifs is 1. The van der Waals surface area contributed by atoms with Gasteiger partial charge >= 0.3 is 5.97 Å². The first-order valence-corrected chi connectivity index (χ1v) is 10.6. The van der Waals surface area contributed by atoms with Gasteiger partial charge in [0.05, 0.1) is 23.3 Å². The molecular weight excluding hydrogens is 398 g/mol. The van der Waals surface area contributed by atoms with Crippen molar-refractivity contribution in [2.75, 3.05) is 20.7 Å². The van der Waals surface area contributed by atoms with Crippen LogP contribution in [-0.4, -0.2) is 41.2 Å². The van der Waals surface area contributed by atoms with Crippen LogP contribution < -0.4 is 0 Å². The number of phenols is 1. The Morgan fingerprint density at radius 3 is 2.60 bits per heavy atom. The van der Waals surface area contributed by atoms with Gasteiger partial charge in [-0.1, -0.05) is 18.2 Å². The van der Waals surface area contributed by atoms with E-state index in [-0.39, 0.29) is 17.9 Å². The van der Waals surface area contributed by atoms with Crippen molar-refractivity contribution in [2.24, 2.45) is 7.05 Å². The van der Waals surface area contributed by atoms with Gasteiger partial charge in [-0.25, -0.2) is 4.79 Å². The molecule has 2 aromatic carbocycles. The molecule has 0 spiro atoms. The molecule has 1 heterocycles. The van der Waals surface area contributed by atoms with Crippen LogP contribution in [0.1, 0.15) is 34.1 Å². The average Bonchev–Trinajstić information content (AvgIpc) is 3.00. The van der Waals surface area contributed by atoms with Gasteiger partial charge in [-0.3, -0.25) is 0 Å². The number of nitriles is 1. The molecule has 0 unspecified atom stereocenters. The molecule has 6 nitrogen and oxygen atoms in total. The number of carbonyl (C=O) groups excluding carboxylic acids is 1. The third-order valence-corrected chi connectivity index (χ3v) is 5.90. The van der Waals surface area contributed by atoms with E-state index in [0.717, 1.165) is 16.1 Å². The normalized spacial score (nSPS) is 11.1. The van der Waals surface area contributed by atoms with Crippen LogP contribution in [0.5, 0.6) is 5.75 Å². The Hall–Kier alpha value is -2.95. The Kier molecular flexibility index (Phi) is 6.70. The lowest BCUT2D eigenvalue weighted by Crippen LogP contribution is -2.13. The van der Waals surface area contributed by atoms with Crippen molar-refractivity contribution in [3.05, 3.63) is 58.8 Å². The number of benzene rings is 2. The van der Waals surface area contributed by atoms with E-state index in [1.165, 1.54) is 0 Å². The first kappa shape index (κ1) is 21.8.